The molecule has 0 aliphatic carbocycles. The first-order valence-corrected chi connectivity index (χ1v) is 11.1. The Morgan fingerprint density at radius 3 is 2.06 bits per heavy atom. The number of carbonyl (C=O) groups excluding carboxylic acids is 5. The molecule has 0 fully saturated rings. The predicted molar refractivity (Wildman–Crippen MR) is 120 cm³/mol. The van der Waals surface area contributed by atoms with Crippen LogP contribution in [0.5, 0.6) is 0 Å². The highest BCUT2D eigenvalue weighted by atomic mass is 16.5. The van der Waals surface area contributed by atoms with Crippen molar-refractivity contribution < 1.29 is 42.9 Å². The van der Waals surface area contributed by atoms with Crippen LogP contribution in [0.1, 0.15) is 19.3 Å². The van der Waals surface area contributed by atoms with Crippen LogP contribution in [0.2, 0.25) is 0 Å². The van der Waals surface area contributed by atoms with Crippen LogP contribution in [-0.4, -0.2) is 108 Å². The molecule has 0 aromatic heterocycles. The van der Waals surface area contributed by atoms with E-state index in [1.165, 1.54) is 7.11 Å². The molecule has 0 spiro atoms. The average molecular weight is 486 g/mol. The molecule has 0 aromatic carbocycles. The van der Waals surface area contributed by atoms with Crippen molar-refractivity contribution in [1.82, 2.24) is 15.5 Å². The van der Waals surface area contributed by atoms with E-state index in [0.717, 1.165) is 17.1 Å². The Bertz CT molecular complexity index is 694. The number of ketones is 1. The lowest BCUT2D eigenvalue weighted by atomic mass is 9.96. The van der Waals surface area contributed by atoms with Gasteiger partial charge in [-0.25, -0.2) is 0 Å². The van der Waals surface area contributed by atoms with Crippen molar-refractivity contribution in [1.29, 1.82) is 0 Å². The van der Waals surface area contributed by atoms with Gasteiger partial charge in [-0.05, 0) is 6.42 Å². The van der Waals surface area contributed by atoms with Crippen LogP contribution < -0.4 is 10.6 Å². The molecule has 1 rings (SSSR count). The smallest absolute Gasteiger partial charge is 0.253 e. The molecule has 1 unspecified atom stereocenters. The normalized spacial score (nSPS) is 13.9. The van der Waals surface area contributed by atoms with Gasteiger partial charge in [-0.3, -0.25) is 28.9 Å². The van der Waals surface area contributed by atoms with Crippen LogP contribution in [-0.2, 0) is 42.9 Å². The highest BCUT2D eigenvalue weighted by Gasteiger charge is 2.24. The van der Waals surface area contributed by atoms with Gasteiger partial charge < -0.3 is 29.6 Å². The van der Waals surface area contributed by atoms with Gasteiger partial charge in [-0.1, -0.05) is 0 Å². The standard InChI is InChI=1S/C22H35N3O9/c1-31-11-13-33-10-6-17(18(26)16-34-14-12-32-2)15-20(28)24-8-7-23-19(27)5-9-25-21(29)3-4-22(25)30/h3-4,17H,5-16H2,1-2H3,(H,23,27)(H,24,28). The molecule has 0 aromatic rings. The molecule has 12 heteroatoms. The number of imide groups is 1. The van der Waals surface area contributed by atoms with Crippen LogP contribution in [0.15, 0.2) is 12.2 Å². The molecule has 2 N–H and O–H groups in total. The summed E-state index contributed by atoms with van der Waals surface area (Å²) in [6, 6.07) is 0. The fourth-order valence-corrected chi connectivity index (χ4v) is 2.93. The van der Waals surface area contributed by atoms with E-state index < -0.39 is 17.7 Å². The summed E-state index contributed by atoms with van der Waals surface area (Å²) in [6.45, 7) is 1.99. The fraction of sp³-hybridized carbons (Fsp3) is 0.682. The molecule has 0 saturated heterocycles. The van der Waals surface area contributed by atoms with E-state index in [9.17, 15) is 24.0 Å². The van der Waals surface area contributed by atoms with Gasteiger partial charge in [0, 0.05) is 71.4 Å². The number of Topliss-reactive ketones (excluding diaryl/α,β-unsaturated/α-hetero) is 1. The van der Waals surface area contributed by atoms with Crippen molar-refractivity contribution in [2.75, 3.05) is 73.5 Å². The minimum atomic E-state index is -0.566. The molecular formula is C22H35N3O9. The topological polar surface area (TPSA) is 150 Å². The molecule has 34 heavy (non-hydrogen) atoms. The first-order chi connectivity index (χ1) is 16.4. The van der Waals surface area contributed by atoms with Crippen LogP contribution in [0.3, 0.4) is 0 Å². The third-order valence-electron chi connectivity index (χ3n) is 4.84. The summed E-state index contributed by atoms with van der Waals surface area (Å²) in [4.78, 5) is 60.5. The van der Waals surface area contributed by atoms with Gasteiger partial charge in [-0.15, -0.1) is 0 Å². The Morgan fingerprint density at radius 1 is 0.853 bits per heavy atom. The summed E-state index contributed by atoms with van der Waals surface area (Å²) in [5.41, 5.74) is 0. The van der Waals surface area contributed by atoms with E-state index in [1.54, 1.807) is 7.11 Å². The van der Waals surface area contributed by atoms with Crippen molar-refractivity contribution in [2.45, 2.75) is 19.3 Å². The predicted octanol–water partition coefficient (Wildman–Crippen LogP) is -1.17. The molecule has 4 amide bonds. The van der Waals surface area contributed by atoms with E-state index in [4.69, 9.17) is 18.9 Å². The number of amides is 4. The summed E-state index contributed by atoms with van der Waals surface area (Å²) in [5.74, 6) is -2.33. The zero-order chi connectivity index (χ0) is 25.2. The van der Waals surface area contributed by atoms with Crippen molar-refractivity contribution >= 4 is 29.4 Å². The van der Waals surface area contributed by atoms with E-state index in [-0.39, 0.29) is 63.3 Å². The van der Waals surface area contributed by atoms with Crippen molar-refractivity contribution in [3.05, 3.63) is 12.2 Å². The SMILES string of the molecule is COCCOCCC(CC(=O)NCCNC(=O)CCN1C(=O)C=CC1=O)C(=O)COCCOC. The average Bonchev–Trinajstić information content (AvgIpc) is 3.14. The van der Waals surface area contributed by atoms with Crippen LogP contribution >= 0.6 is 0 Å². The molecule has 0 saturated carbocycles. The van der Waals surface area contributed by atoms with Crippen molar-refractivity contribution in [3.8, 4) is 0 Å². The summed E-state index contributed by atoms with van der Waals surface area (Å²) in [5, 5.41) is 5.27. The van der Waals surface area contributed by atoms with Gasteiger partial charge in [-0.2, -0.15) is 0 Å². The number of nitrogens with one attached hydrogen (secondary N) is 2. The molecule has 12 nitrogen and oxygen atoms in total. The first-order valence-electron chi connectivity index (χ1n) is 11.1. The molecule has 0 bridgehead atoms. The Labute approximate surface area is 199 Å². The monoisotopic (exact) mass is 485 g/mol. The third kappa shape index (κ3) is 12.5. The number of methoxy groups -OCH3 is 2. The lowest BCUT2D eigenvalue weighted by Gasteiger charge is -2.16. The lowest BCUT2D eigenvalue weighted by molar-refractivity contribution is -0.137. The number of nitrogens with zero attached hydrogens (tertiary/aromatic N) is 1. The van der Waals surface area contributed by atoms with Crippen LogP contribution in [0.4, 0.5) is 0 Å². The lowest BCUT2D eigenvalue weighted by Crippen LogP contribution is -2.38. The molecule has 0 radical (unpaired) electrons. The second-order valence-corrected chi connectivity index (χ2v) is 7.42. The molecule has 1 atom stereocenters. The van der Waals surface area contributed by atoms with E-state index in [1.807, 2.05) is 0 Å². The highest BCUT2D eigenvalue weighted by Crippen LogP contribution is 2.11. The Balaban J connectivity index is 2.31. The quantitative estimate of drug-likeness (QED) is 0.161. The summed E-state index contributed by atoms with van der Waals surface area (Å²) in [7, 11) is 3.09. The van der Waals surface area contributed by atoms with Crippen LogP contribution in [0, 0.1) is 5.92 Å². The second-order valence-electron chi connectivity index (χ2n) is 7.42. The van der Waals surface area contributed by atoms with E-state index >= 15 is 0 Å². The second kappa shape index (κ2) is 17.8. The number of hydrogen-bond acceptors (Lipinski definition) is 9. The van der Waals surface area contributed by atoms with Gasteiger partial charge in [0.05, 0.1) is 26.4 Å². The first kappa shape index (κ1) is 29.4. The molecule has 1 aliphatic heterocycles. The largest absolute Gasteiger partial charge is 0.382 e. The number of carbonyl (C=O) groups is 5. The summed E-state index contributed by atoms with van der Waals surface area (Å²) >= 11 is 0. The number of hydrogen-bond donors (Lipinski definition) is 2. The molecular weight excluding hydrogens is 450 g/mol. The zero-order valence-corrected chi connectivity index (χ0v) is 19.8. The minimum Gasteiger partial charge on any atom is -0.382 e. The van der Waals surface area contributed by atoms with Crippen molar-refractivity contribution in [2.24, 2.45) is 5.92 Å². The van der Waals surface area contributed by atoms with E-state index in [2.05, 4.69) is 10.6 Å². The summed E-state index contributed by atoms with van der Waals surface area (Å²) < 4.78 is 20.5. The number of ether oxygens (including phenoxy) is 4. The minimum absolute atomic E-state index is 0.00838. The highest BCUT2D eigenvalue weighted by molar-refractivity contribution is 6.13. The number of rotatable bonds is 20. The van der Waals surface area contributed by atoms with E-state index in [0.29, 0.717) is 32.8 Å². The van der Waals surface area contributed by atoms with Gasteiger partial charge in [0.2, 0.25) is 11.8 Å². The van der Waals surface area contributed by atoms with Crippen molar-refractivity contribution in [3.63, 3.8) is 0 Å². The third-order valence-corrected chi connectivity index (χ3v) is 4.84. The van der Waals surface area contributed by atoms with Gasteiger partial charge >= 0.3 is 0 Å². The maximum absolute atomic E-state index is 12.5. The molecule has 192 valence electrons. The molecule has 1 heterocycles. The fourth-order valence-electron chi connectivity index (χ4n) is 2.93. The zero-order valence-electron chi connectivity index (χ0n) is 19.8. The van der Waals surface area contributed by atoms with Gasteiger partial charge in [0.1, 0.15) is 6.61 Å². The Morgan fingerprint density at radius 2 is 1.44 bits per heavy atom. The maximum atomic E-state index is 12.5. The molecule has 1 aliphatic rings. The summed E-state index contributed by atoms with van der Waals surface area (Å²) in [6.07, 6.45) is 2.62. The maximum Gasteiger partial charge on any atom is 0.253 e. The van der Waals surface area contributed by atoms with Gasteiger partial charge in [0.25, 0.3) is 11.8 Å². The van der Waals surface area contributed by atoms with Crippen LogP contribution in [0.25, 0.3) is 0 Å². The Hall–Kier alpha value is -2.67. The van der Waals surface area contributed by atoms with Gasteiger partial charge in [0.15, 0.2) is 5.78 Å². The Kier molecular flexibility index (Phi) is 15.3.